The first kappa shape index (κ1) is 18.3. The van der Waals surface area contributed by atoms with Gasteiger partial charge in [-0.2, -0.15) is 0 Å². The van der Waals surface area contributed by atoms with Gasteiger partial charge < -0.3 is 20.3 Å². The fourth-order valence-electron chi connectivity index (χ4n) is 3.51. The van der Waals surface area contributed by atoms with Crippen molar-refractivity contribution in [3.8, 4) is 5.75 Å². The standard InChI is InChI=1S/C22H25N3O3/c1-14-7-8-15(21(26)23-16-9-10-16)13-18(14)24-17-11-12-25(22(17)27)19-5-3-4-6-20(19)28-2/h3-8,13,16-17,24H,9-12H2,1-2H3,(H,23,26). The van der Waals surface area contributed by atoms with Gasteiger partial charge in [-0.3, -0.25) is 9.59 Å². The second kappa shape index (κ2) is 7.54. The Bertz CT molecular complexity index is 908. The van der Waals surface area contributed by atoms with Crippen molar-refractivity contribution in [3.63, 3.8) is 0 Å². The molecule has 1 unspecified atom stereocenters. The van der Waals surface area contributed by atoms with Gasteiger partial charge in [-0.25, -0.2) is 0 Å². The molecule has 146 valence electrons. The number of hydrogen-bond acceptors (Lipinski definition) is 4. The quantitative estimate of drug-likeness (QED) is 0.809. The number of nitrogens with one attached hydrogen (secondary N) is 2. The number of carbonyl (C=O) groups is 2. The van der Waals surface area contributed by atoms with Crippen LogP contribution in [-0.4, -0.2) is 37.6 Å². The van der Waals surface area contributed by atoms with E-state index in [-0.39, 0.29) is 17.9 Å². The molecule has 0 bridgehead atoms. The molecule has 1 atom stereocenters. The number of para-hydroxylation sites is 2. The van der Waals surface area contributed by atoms with E-state index in [2.05, 4.69) is 10.6 Å². The van der Waals surface area contributed by atoms with Crippen LogP contribution in [0, 0.1) is 6.92 Å². The van der Waals surface area contributed by atoms with Gasteiger partial charge in [-0.15, -0.1) is 0 Å². The lowest BCUT2D eigenvalue weighted by molar-refractivity contribution is -0.117. The molecule has 1 saturated heterocycles. The topological polar surface area (TPSA) is 70.7 Å². The van der Waals surface area contributed by atoms with Crippen LogP contribution in [0.1, 0.15) is 35.2 Å². The lowest BCUT2D eigenvalue weighted by Gasteiger charge is -2.20. The molecule has 4 rings (SSSR count). The molecule has 2 fully saturated rings. The summed E-state index contributed by atoms with van der Waals surface area (Å²) in [7, 11) is 1.61. The van der Waals surface area contributed by atoms with Crippen LogP contribution >= 0.6 is 0 Å². The highest BCUT2D eigenvalue weighted by molar-refractivity contribution is 6.02. The zero-order valence-electron chi connectivity index (χ0n) is 16.2. The highest BCUT2D eigenvalue weighted by Gasteiger charge is 2.34. The van der Waals surface area contributed by atoms with Crippen LogP contribution in [0.15, 0.2) is 42.5 Å². The molecule has 1 aliphatic heterocycles. The number of methoxy groups -OCH3 is 1. The Balaban J connectivity index is 1.50. The van der Waals surface area contributed by atoms with Crippen LogP contribution < -0.4 is 20.3 Å². The summed E-state index contributed by atoms with van der Waals surface area (Å²) >= 11 is 0. The van der Waals surface area contributed by atoms with Crippen molar-refractivity contribution in [1.29, 1.82) is 0 Å². The minimum absolute atomic E-state index is 0.0109. The van der Waals surface area contributed by atoms with Gasteiger partial charge in [0.25, 0.3) is 5.91 Å². The van der Waals surface area contributed by atoms with Crippen LogP contribution in [-0.2, 0) is 4.79 Å². The number of aryl methyl sites for hydroxylation is 1. The minimum atomic E-state index is -0.328. The summed E-state index contributed by atoms with van der Waals surface area (Å²) in [6.07, 6.45) is 2.80. The number of rotatable bonds is 6. The summed E-state index contributed by atoms with van der Waals surface area (Å²) in [4.78, 5) is 27.1. The highest BCUT2D eigenvalue weighted by atomic mass is 16.5. The molecule has 1 heterocycles. The van der Waals surface area contributed by atoms with E-state index in [0.29, 0.717) is 30.3 Å². The Morgan fingerprint density at radius 3 is 2.68 bits per heavy atom. The summed E-state index contributed by atoms with van der Waals surface area (Å²) in [6, 6.07) is 13.1. The second-order valence-electron chi connectivity index (χ2n) is 7.42. The van der Waals surface area contributed by atoms with E-state index in [1.54, 1.807) is 12.0 Å². The van der Waals surface area contributed by atoms with Gasteiger partial charge >= 0.3 is 0 Å². The number of carbonyl (C=O) groups excluding carboxylic acids is 2. The van der Waals surface area contributed by atoms with Crippen molar-refractivity contribution in [2.45, 2.75) is 38.3 Å². The average Bonchev–Trinajstić information content (AvgIpc) is 3.45. The first-order chi connectivity index (χ1) is 13.6. The van der Waals surface area contributed by atoms with Crippen molar-refractivity contribution in [3.05, 3.63) is 53.6 Å². The van der Waals surface area contributed by atoms with Crippen LogP contribution in [0.5, 0.6) is 5.75 Å². The van der Waals surface area contributed by atoms with Gasteiger partial charge in [-0.1, -0.05) is 18.2 Å². The number of nitrogens with zero attached hydrogens (tertiary/aromatic N) is 1. The third-order valence-corrected chi connectivity index (χ3v) is 5.32. The first-order valence-corrected chi connectivity index (χ1v) is 9.69. The third-order valence-electron chi connectivity index (χ3n) is 5.32. The monoisotopic (exact) mass is 379 g/mol. The lowest BCUT2D eigenvalue weighted by Crippen LogP contribution is -2.34. The summed E-state index contributed by atoms with van der Waals surface area (Å²) in [5.74, 6) is 0.641. The van der Waals surface area contributed by atoms with E-state index in [1.165, 1.54) is 0 Å². The van der Waals surface area contributed by atoms with Crippen molar-refractivity contribution in [2.24, 2.45) is 0 Å². The van der Waals surface area contributed by atoms with E-state index in [1.807, 2.05) is 49.4 Å². The van der Waals surface area contributed by atoms with Crippen molar-refractivity contribution >= 4 is 23.2 Å². The van der Waals surface area contributed by atoms with Crippen LogP contribution in [0.3, 0.4) is 0 Å². The molecule has 0 aromatic heterocycles. The molecule has 0 spiro atoms. The maximum absolute atomic E-state index is 13.0. The smallest absolute Gasteiger partial charge is 0.251 e. The first-order valence-electron chi connectivity index (χ1n) is 9.69. The maximum atomic E-state index is 13.0. The van der Waals surface area contributed by atoms with Gasteiger partial charge in [-0.05, 0) is 56.0 Å². The number of anilines is 2. The van der Waals surface area contributed by atoms with Crippen molar-refractivity contribution in [1.82, 2.24) is 5.32 Å². The molecule has 2 amide bonds. The number of ether oxygens (including phenoxy) is 1. The van der Waals surface area contributed by atoms with Crippen LogP contribution in [0.25, 0.3) is 0 Å². The van der Waals surface area contributed by atoms with Crippen molar-refractivity contribution in [2.75, 3.05) is 23.9 Å². The Labute approximate surface area is 164 Å². The Kier molecular flexibility index (Phi) is 4.94. The normalized spacial score (nSPS) is 18.9. The molecule has 2 aromatic carbocycles. The summed E-state index contributed by atoms with van der Waals surface area (Å²) in [5, 5.41) is 6.35. The van der Waals surface area contributed by atoms with E-state index < -0.39 is 0 Å². The van der Waals surface area contributed by atoms with Gasteiger partial charge in [0.15, 0.2) is 0 Å². The van der Waals surface area contributed by atoms with Gasteiger partial charge in [0.1, 0.15) is 11.8 Å². The Hall–Kier alpha value is -3.02. The number of amides is 2. The van der Waals surface area contributed by atoms with Crippen LogP contribution in [0.2, 0.25) is 0 Å². The average molecular weight is 379 g/mol. The van der Waals surface area contributed by atoms with Crippen molar-refractivity contribution < 1.29 is 14.3 Å². The summed E-state index contributed by atoms with van der Waals surface area (Å²) < 4.78 is 5.40. The molecule has 28 heavy (non-hydrogen) atoms. The SMILES string of the molecule is COc1ccccc1N1CCC(Nc2cc(C(=O)NC3CC3)ccc2C)C1=O. The predicted octanol–water partition coefficient (Wildman–Crippen LogP) is 3.11. The van der Waals surface area contributed by atoms with Gasteiger partial charge in [0.2, 0.25) is 5.91 Å². The molecular weight excluding hydrogens is 354 g/mol. The van der Waals surface area contributed by atoms with E-state index in [0.717, 1.165) is 29.8 Å². The molecule has 2 N–H and O–H groups in total. The minimum Gasteiger partial charge on any atom is -0.495 e. The van der Waals surface area contributed by atoms with E-state index in [4.69, 9.17) is 4.74 Å². The van der Waals surface area contributed by atoms with Crippen LogP contribution in [0.4, 0.5) is 11.4 Å². The lowest BCUT2D eigenvalue weighted by atomic mass is 10.1. The van der Waals surface area contributed by atoms with Gasteiger partial charge in [0, 0.05) is 23.8 Å². The maximum Gasteiger partial charge on any atom is 0.251 e. The van der Waals surface area contributed by atoms with Gasteiger partial charge in [0.05, 0.1) is 12.8 Å². The predicted molar refractivity (Wildman–Crippen MR) is 109 cm³/mol. The second-order valence-corrected chi connectivity index (χ2v) is 7.42. The van der Waals surface area contributed by atoms with E-state index >= 15 is 0 Å². The Morgan fingerprint density at radius 1 is 1.14 bits per heavy atom. The molecule has 0 radical (unpaired) electrons. The number of benzene rings is 2. The largest absolute Gasteiger partial charge is 0.495 e. The molecule has 2 aromatic rings. The fourth-order valence-corrected chi connectivity index (χ4v) is 3.51. The zero-order valence-corrected chi connectivity index (χ0v) is 16.2. The molecule has 1 aliphatic carbocycles. The fraction of sp³-hybridized carbons (Fsp3) is 0.364. The molecule has 6 nitrogen and oxygen atoms in total. The highest BCUT2D eigenvalue weighted by Crippen LogP contribution is 2.32. The summed E-state index contributed by atoms with van der Waals surface area (Å²) in [6.45, 7) is 2.60. The molecular formula is C22H25N3O3. The zero-order chi connectivity index (χ0) is 19.7. The Morgan fingerprint density at radius 2 is 1.93 bits per heavy atom. The molecule has 1 saturated carbocycles. The molecule has 6 heteroatoms. The number of hydrogen-bond donors (Lipinski definition) is 2. The third kappa shape index (κ3) is 3.67. The van der Waals surface area contributed by atoms with E-state index in [9.17, 15) is 9.59 Å². The molecule has 2 aliphatic rings. The summed E-state index contributed by atoms with van der Waals surface area (Å²) in [5.41, 5.74) is 3.23.